The van der Waals surface area contributed by atoms with Crippen LogP contribution in [0.25, 0.3) is 0 Å². The van der Waals surface area contributed by atoms with Gasteiger partial charge in [0.1, 0.15) is 6.67 Å². The Labute approximate surface area is 61.4 Å². The van der Waals surface area contributed by atoms with Crippen molar-refractivity contribution in [1.82, 2.24) is 5.32 Å². The minimum atomic E-state index is -0.370. The normalized spacial score (nSPS) is 14.1. The standard InChI is InChI=1S/C7H16FNO/c1-6(2)7(10)5-9-4-3-8/h6-7,9-10H,3-5H2,1-2H3. The lowest BCUT2D eigenvalue weighted by Gasteiger charge is -2.13. The smallest absolute Gasteiger partial charge is 0.102 e. The van der Waals surface area contributed by atoms with Crippen molar-refractivity contribution in [3.63, 3.8) is 0 Å². The fraction of sp³-hybridized carbons (Fsp3) is 1.00. The van der Waals surface area contributed by atoms with E-state index in [-0.39, 0.29) is 18.7 Å². The van der Waals surface area contributed by atoms with Gasteiger partial charge in [-0.25, -0.2) is 4.39 Å². The molecule has 0 rings (SSSR count). The molecule has 0 saturated heterocycles. The molecule has 0 aliphatic rings. The summed E-state index contributed by atoms with van der Waals surface area (Å²) >= 11 is 0. The van der Waals surface area contributed by atoms with Crippen molar-refractivity contribution in [3.8, 4) is 0 Å². The summed E-state index contributed by atoms with van der Waals surface area (Å²) < 4.78 is 11.5. The monoisotopic (exact) mass is 149 g/mol. The second-order valence-corrected chi connectivity index (χ2v) is 2.70. The van der Waals surface area contributed by atoms with Gasteiger partial charge in [-0.1, -0.05) is 13.8 Å². The largest absolute Gasteiger partial charge is 0.392 e. The van der Waals surface area contributed by atoms with Gasteiger partial charge in [-0.2, -0.15) is 0 Å². The lowest BCUT2D eigenvalue weighted by molar-refractivity contribution is 0.123. The molecule has 62 valence electrons. The van der Waals surface area contributed by atoms with Crippen molar-refractivity contribution < 1.29 is 9.50 Å². The molecule has 0 aromatic rings. The minimum absolute atomic E-state index is 0.243. The third-order valence-corrected chi connectivity index (χ3v) is 1.39. The fourth-order valence-electron chi connectivity index (χ4n) is 0.552. The van der Waals surface area contributed by atoms with Crippen LogP contribution in [0.4, 0.5) is 4.39 Å². The Balaban J connectivity index is 3.13. The molecule has 0 saturated carbocycles. The van der Waals surface area contributed by atoms with E-state index >= 15 is 0 Å². The first-order chi connectivity index (χ1) is 4.68. The lowest BCUT2D eigenvalue weighted by Crippen LogP contribution is -2.31. The summed E-state index contributed by atoms with van der Waals surface area (Å²) in [6.45, 7) is 4.32. The molecule has 0 aromatic heterocycles. The number of aliphatic hydroxyl groups is 1. The molecule has 0 amide bonds. The quantitative estimate of drug-likeness (QED) is 0.560. The van der Waals surface area contributed by atoms with E-state index in [9.17, 15) is 4.39 Å². The summed E-state index contributed by atoms with van der Waals surface area (Å²) in [4.78, 5) is 0. The number of rotatable bonds is 5. The minimum Gasteiger partial charge on any atom is -0.392 e. The summed E-state index contributed by atoms with van der Waals surface area (Å²) in [5.41, 5.74) is 0. The van der Waals surface area contributed by atoms with Crippen LogP contribution in [0.15, 0.2) is 0 Å². The summed E-state index contributed by atoms with van der Waals surface area (Å²) in [7, 11) is 0. The molecular formula is C7H16FNO. The molecule has 0 aliphatic heterocycles. The highest BCUT2D eigenvalue weighted by molar-refractivity contribution is 4.62. The summed E-state index contributed by atoms with van der Waals surface area (Å²) in [6, 6.07) is 0. The highest BCUT2D eigenvalue weighted by Crippen LogP contribution is 1.98. The number of alkyl halides is 1. The van der Waals surface area contributed by atoms with Crippen molar-refractivity contribution in [2.24, 2.45) is 5.92 Å². The first-order valence-electron chi connectivity index (χ1n) is 3.63. The molecule has 1 unspecified atom stereocenters. The maximum atomic E-state index is 11.5. The Morgan fingerprint density at radius 1 is 1.50 bits per heavy atom. The third-order valence-electron chi connectivity index (χ3n) is 1.39. The Bertz CT molecular complexity index is 78.0. The number of aliphatic hydroxyl groups excluding tert-OH is 1. The first kappa shape index (κ1) is 9.85. The fourth-order valence-corrected chi connectivity index (χ4v) is 0.552. The third kappa shape index (κ3) is 4.70. The predicted molar refractivity (Wildman–Crippen MR) is 39.7 cm³/mol. The van der Waals surface area contributed by atoms with E-state index in [0.717, 1.165) is 0 Å². The van der Waals surface area contributed by atoms with Crippen molar-refractivity contribution in [3.05, 3.63) is 0 Å². The maximum Gasteiger partial charge on any atom is 0.102 e. The molecule has 0 spiro atoms. The SMILES string of the molecule is CC(C)C(O)CNCCF. The van der Waals surface area contributed by atoms with Crippen molar-refractivity contribution in [2.45, 2.75) is 20.0 Å². The number of hydrogen-bond donors (Lipinski definition) is 2. The average Bonchev–Trinajstić information content (AvgIpc) is 1.88. The molecule has 3 heteroatoms. The molecule has 0 aliphatic carbocycles. The predicted octanol–water partition coefficient (Wildman–Crippen LogP) is 0.562. The molecule has 0 heterocycles. The Kier molecular flexibility index (Phi) is 5.54. The van der Waals surface area contributed by atoms with Crippen LogP contribution in [-0.4, -0.2) is 31.0 Å². The highest BCUT2D eigenvalue weighted by Gasteiger charge is 2.06. The zero-order chi connectivity index (χ0) is 7.98. The molecule has 0 radical (unpaired) electrons. The second-order valence-electron chi connectivity index (χ2n) is 2.70. The van der Waals surface area contributed by atoms with Gasteiger partial charge in [0.05, 0.1) is 6.10 Å². The topological polar surface area (TPSA) is 32.3 Å². The van der Waals surface area contributed by atoms with Crippen LogP contribution in [0.3, 0.4) is 0 Å². The van der Waals surface area contributed by atoms with Crippen molar-refractivity contribution in [2.75, 3.05) is 19.8 Å². The Morgan fingerprint density at radius 3 is 2.50 bits per heavy atom. The summed E-state index contributed by atoms with van der Waals surface area (Å²) in [5, 5.41) is 12.0. The van der Waals surface area contributed by atoms with Gasteiger partial charge in [-0.15, -0.1) is 0 Å². The maximum absolute atomic E-state index is 11.5. The Morgan fingerprint density at radius 2 is 2.10 bits per heavy atom. The summed E-state index contributed by atoms with van der Waals surface area (Å²) in [6.07, 6.45) is -0.355. The van der Waals surface area contributed by atoms with E-state index in [1.807, 2.05) is 13.8 Å². The van der Waals surface area contributed by atoms with Crippen LogP contribution in [0.2, 0.25) is 0 Å². The number of nitrogens with one attached hydrogen (secondary N) is 1. The van der Waals surface area contributed by atoms with E-state index in [1.54, 1.807) is 0 Å². The van der Waals surface area contributed by atoms with Gasteiger partial charge in [0.15, 0.2) is 0 Å². The molecule has 2 nitrogen and oxygen atoms in total. The lowest BCUT2D eigenvalue weighted by atomic mass is 10.1. The first-order valence-corrected chi connectivity index (χ1v) is 3.63. The molecule has 0 aromatic carbocycles. The molecular weight excluding hydrogens is 133 g/mol. The van der Waals surface area contributed by atoms with Crippen LogP contribution >= 0.6 is 0 Å². The number of halogens is 1. The van der Waals surface area contributed by atoms with Gasteiger partial charge in [0.2, 0.25) is 0 Å². The molecule has 0 bridgehead atoms. The van der Waals surface area contributed by atoms with Crippen LogP contribution in [0.1, 0.15) is 13.8 Å². The van der Waals surface area contributed by atoms with Crippen molar-refractivity contribution in [1.29, 1.82) is 0 Å². The van der Waals surface area contributed by atoms with E-state index in [4.69, 9.17) is 5.11 Å². The van der Waals surface area contributed by atoms with Gasteiger partial charge in [-0.3, -0.25) is 0 Å². The van der Waals surface area contributed by atoms with Gasteiger partial charge in [0, 0.05) is 13.1 Å². The van der Waals surface area contributed by atoms with E-state index in [0.29, 0.717) is 13.1 Å². The molecule has 0 fully saturated rings. The van der Waals surface area contributed by atoms with Crippen LogP contribution in [-0.2, 0) is 0 Å². The van der Waals surface area contributed by atoms with Crippen LogP contribution < -0.4 is 5.32 Å². The van der Waals surface area contributed by atoms with Gasteiger partial charge < -0.3 is 10.4 Å². The zero-order valence-electron chi connectivity index (χ0n) is 6.60. The number of hydrogen-bond acceptors (Lipinski definition) is 2. The summed E-state index contributed by atoms with van der Waals surface area (Å²) in [5.74, 6) is 0.243. The van der Waals surface area contributed by atoms with E-state index in [1.165, 1.54) is 0 Å². The van der Waals surface area contributed by atoms with E-state index < -0.39 is 0 Å². The Hall–Kier alpha value is -0.150. The van der Waals surface area contributed by atoms with Gasteiger partial charge in [0.25, 0.3) is 0 Å². The van der Waals surface area contributed by atoms with E-state index in [2.05, 4.69) is 5.32 Å². The molecule has 1 atom stereocenters. The van der Waals surface area contributed by atoms with Crippen LogP contribution in [0.5, 0.6) is 0 Å². The van der Waals surface area contributed by atoms with Gasteiger partial charge in [-0.05, 0) is 5.92 Å². The molecule has 10 heavy (non-hydrogen) atoms. The average molecular weight is 149 g/mol. The zero-order valence-corrected chi connectivity index (χ0v) is 6.60. The highest BCUT2D eigenvalue weighted by atomic mass is 19.1. The van der Waals surface area contributed by atoms with Crippen molar-refractivity contribution >= 4 is 0 Å². The van der Waals surface area contributed by atoms with Gasteiger partial charge >= 0.3 is 0 Å². The molecule has 2 N–H and O–H groups in total. The van der Waals surface area contributed by atoms with Crippen LogP contribution in [0, 0.1) is 5.92 Å². The second kappa shape index (κ2) is 5.62.